The zero-order valence-corrected chi connectivity index (χ0v) is 12.3. The van der Waals surface area contributed by atoms with Gasteiger partial charge in [0.25, 0.3) is 0 Å². The summed E-state index contributed by atoms with van der Waals surface area (Å²) in [6.45, 7) is 4.96. The van der Waals surface area contributed by atoms with Crippen LogP contribution >= 0.6 is 11.3 Å². The van der Waals surface area contributed by atoms with Crippen LogP contribution in [0.15, 0.2) is 24.3 Å². The molecule has 0 unspecified atom stereocenters. The van der Waals surface area contributed by atoms with Crippen LogP contribution in [-0.4, -0.2) is 29.9 Å². The summed E-state index contributed by atoms with van der Waals surface area (Å²) in [6.07, 6.45) is 1.09. The summed E-state index contributed by atoms with van der Waals surface area (Å²) in [7, 11) is 1.94. The number of benzene rings is 1. The van der Waals surface area contributed by atoms with Crippen LogP contribution in [0.4, 0.5) is 0 Å². The molecular weight excluding hydrogens is 258 g/mol. The van der Waals surface area contributed by atoms with Gasteiger partial charge in [-0.15, -0.1) is 10.2 Å². The molecule has 1 aromatic heterocycles. The van der Waals surface area contributed by atoms with Crippen molar-refractivity contribution >= 4 is 11.3 Å². The molecule has 5 heteroatoms. The van der Waals surface area contributed by atoms with Gasteiger partial charge in [-0.1, -0.05) is 23.5 Å². The molecule has 1 heterocycles. The highest BCUT2D eigenvalue weighted by Gasteiger charge is 2.08. The minimum absolute atomic E-state index is 0.177. The second kappa shape index (κ2) is 6.63. The molecule has 4 nitrogen and oxygen atoms in total. The highest BCUT2D eigenvalue weighted by atomic mass is 32.1. The summed E-state index contributed by atoms with van der Waals surface area (Å²) in [6, 6.07) is 8.01. The van der Waals surface area contributed by atoms with E-state index < -0.39 is 0 Å². The predicted molar refractivity (Wildman–Crippen MR) is 78.7 cm³/mol. The van der Waals surface area contributed by atoms with Gasteiger partial charge in [0.05, 0.1) is 6.10 Å². The minimum atomic E-state index is 0.177. The van der Waals surface area contributed by atoms with Crippen LogP contribution in [0, 0.1) is 0 Å². The first-order valence-electron chi connectivity index (χ1n) is 6.43. The molecule has 0 bridgehead atoms. The molecule has 0 amide bonds. The van der Waals surface area contributed by atoms with E-state index in [4.69, 9.17) is 4.74 Å². The number of rotatable bonds is 6. The maximum atomic E-state index is 5.69. The van der Waals surface area contributed by atoms with Crippen molar-refractivity contribution in [1.29, 1.82) is 0 Å². The van der Waals surface area contributed by atoms with E-state index in [0.717, 1.165) is 34.3 Å². The lowest BCUT2D eigenvalue weighted by molar-refractivity contribution is 0.242. The molecule has 0 radical (unpaired) electrons. The first-order chi connectivity index (χ1) is 9.19. The molecule has 2 aromatic rings. The second-order valence-corrected chi connectivity index (χ2v) is 5.61. The Morgan fingerprint density at radius 1 is 1.32 bits per heavy atom. The Morgan fingerprint density at radius 2 is 2.16 bits per heavy atom. The Morgan fingerprint density at radius 3 is 2.89 bits per heavy atom. The molecule has 19 heavy (non-hydrogen) atoms. The summed E-state index contributed by atoms with van der Waals surface area (Å²) in [5, 5.41) is 13.6. The average molecular weight is 277 g/mol. The van der Waals surface area contributed by atoms with Crippen molar-refractivity contribution in [2.75, 3.05) is 13.6 Å². The summed E-state index contributed by atoms with van der Waals surface area (Å²) in [4.78, 5) is 0. The number of hydrogen-bond donors (Lipinski definition) is 1. The van der Waals surface area contributed by atoms with Gasteiger partial charge < -0.3 is 10.1 Å². The van der Waals surface area contributed by atoms with E-state index in [-0.39, 0.29) is 6.10 Å². The zero-order chi connectivity index (χ0) is 13.7. The van der Waals surface area contributed by atoms with E-state index in [2.05, 4.69) is 15.5 Å². The molecule has 0 atom stereocenters. The summed E-state index contributed by atoms with van der Waals surface area (Å²) >= 11 is 1.64. The van der Waals surface area contributed by atoms with E-state index in [0.29, 0.717) is 0 Å². The van der Waals surface area contributed by atoms with Crippen LogP contribution in [0.25, 0.3) is 10.6 Å². The van der Waals surface area contributed by atoms with E-state index in [1.807, 2.05) is 45.2 Å². The van der Waals surface area contributed by atoms with Gasteiger partial charge in [-0.05, 0) is 33.0 Å². The fraction of sp³-hybridized carbons (Fsp3) is 0.429. The van der Waals surface area contributed by atoms with Crippen molar-refractivity contribution in [3.8, 4) is 16.3 Å². The fourth-order valence-corrected chi connectivity index (χ4v) is 2.51. The lowest BCUT2D eigenvalue weighted by Gasteiger charge is -2.09. The van der Waals surface area contributed by atoms with Gasteiger partial charge in [0, 0.05) is 18.5 Å². The van der Waals surface area contributed by atoms with Gasteiger partial charge in [-0.3, -0.25) is 0 Å². The zero-order valence-electron chi connectivity index (χ0n) is 11.5. The van der Waals surface area contributed by atoms with Crippen LogP contribution in [0.5, 0.6) is 5.75 Å². The monoisotopic (exact) mass is 277 g/mol. The third-order valence-corrected chi connectivity index (χ3v) is 3.54. The van der Waals surface area contributed by atoms with Gasteiger partial charge in [0.15, 0.2) is 0 Å². The predicted octanol–water partition coefficient (Wildman–Crippen LogP) is 2.75. The van der Waals surface area contributed by atoms with Gasteiger partial charge in [-0.25, -0.2) is 0 Å². The molecule has 0 fully saturated rings. The van der Waals surface area contributed by atoms with Gasteiger partial charge in [0.2, 0.25) is 0 Å². The number of nitrogens with one attached hydrogen (secondary N) is 1. The normalized spacial score (nSPS) is 10.9. The number of hydrogen-bond acceptors (Lipinski definition) is 5. The molecule has 0 saturated carbocycles. The SMILES string of the molecule is CNCCc1nnc(-c2cccc(OC(C)C)c2)s1. The highest BCUT2D eigenvalue weighted by Crippen LogP contribution is 2.27. The molecule has 2 rings (SSSR count). The summed E-state index contributed by atoms with van der Waals surface area (Å²) < 4.78 is 5.69. The van der Waals surface area contributed by atoms with Crippen molar-refractivity contribution in [2.24, 2.45) is 0 Å². The molecule has 0 aliphatic rings. The van der Waals surface area contributed by atoms with Gasteiger partial charge >= 0.3 is 0 Å². The lowest BCUT2D eigenvalue weighted by Crippen LogP contribution is -2.09. The summed E-state index contributed by atoms with van der Waals surface area (Å²) in [5.41, 5.74) is 1.06. The fourth-order valence-electron chi connectivity index (χ4n) is 1.68. The number of nitrogens with zero attached hydrogens (tertiary/aromatic N) is 2. The third kappa shape index (κ3) is 4.01. The maximum absolute atomic E-state index is 5.69. The largest absolute Gasteiger partial charge is 0.491 e. The molecule has 0 aliphatic heterocycles. The third-order valence-electron chi connectivity index (χ3n) is 2.51. The summed E-state index contributed by atoms with van der Waals surface area (Å²) in [5.74, 6) is 0.875. The topological polar surface area (TPSA) is 47.0 Å². The number of ether oxygens (including phenoxy) is 1. The van der Waals surface area contributed by atoms with E-state index in [1.165, 1.54) is 0 Å². The number of likely N-dealkylation sites (N-methyl/N-ethyl adjacent to an activating group) is 1. The van der Waals surface area contributed by atoms with Gasteiger partial charge in [-0.2, -0.15) is 0 Å². The Bertz CT molecular complexity index is 525. The first kappa shape index (κ1) is 14.0. The maximum Gasteiger partial charge on any atom is 0.147 e. The smallest absolute Gasteiger partial charge is 0.147 e. The van der Waals surface area contributed by atoms with Gasteiger partial charge in [0.1, 0.15) is 15.8 Å². The van der Waals surface area contributed by atoms with Crippen molar-refractivity contribution in [3.63, 3.8) is 0 Å². The van der Waals surface area contributed by atoms with E-state index in [9.17, 15) is 0 Å². The van der Waals surface area contributed by atoms with Crippen molar-refractivity contribution < 1.29 is 4.74 Å². The molecule has 1 aromatic carbocycles. The van der Waals surface area contributed by atoms with E-state index >= 15 is 0 Å². The number of aromatic nitrogens is 2. The lowest BCUT2D eigenvalue weighted by atomic mass is 10.2. The van der Waals surface area contributed by atoms with E-state index in [1.54, 1.807) is 11.3 Å². The minimum Gasteiger partial charge on any atom is -0.491 e. The van der Waals surface area contributed by atoms with Crippen molar-refractivity contribution in [1.82, 2.24) is 15.5 Å². The van der Waals surface area contributed by atoms with Crippen LogP contribution in [0.1, 0.15) is 18.9 Å². The Kier molecular flexibility index (Phi) is 4.87. The molecule has 102 valence electrons. The molecule has 1 N–H and O–H groups in total. The molecule has 0 saturated heterocycles. The van der Waals surface area contributed by atoms with Crippen molar-refractivity contribution in [3.05, 3.63) is 29.3 Å². The van der Waals surface area contributed by atoms with Crippen LogP contribution in [0.2, 0.25) is 0 Å². The highest BCUT2D eigenvalue weighted by molar-refractivity contribution is 7.14. The van der Waals surface area contributed by atoms with Crippen LogP contribution in [0.3, 0.4) is 0 Å². The molecule has 0 aliphatic carbocycles. The quantitative estimate of drug-likeness (QED) is 0.882. The Labute approximate surface area is 117 Å². The Balaban J connectivity index is 2.14. The standard InChI is InChI=1S/C14H19N3OS/c1-10(2)18-12-6-4-5-11(9-12)14-17-16-13(19-14)7-8-15-3/h4-6,9-10,15H,7-8H2,1-3H3. The second-order valence-electron chi connectivity index (χ2n) is 4.55. The Hall–Kier alpha value is -1.46. The van der Waals surface area contributed by atoms with Crippen molar-refractivity contribution in [2.45, 2.75) is 26.4 Å². The van der Waals surface area contributed by atoms with Crippen LogP contribution in [-0.2, 0) is 6.42 Å². The molecular formula is C14H19N3OS. The average Bonchev–Trinajstić information content (AvgIpc) is 2.84. The first-order valence-corrected chi connectivity index (χ1v) is 7.24. The van der Waals surface area contributed by atoms with Crippen LogP contribution < -0.4 is 10.1 Å². The molecule has 0 spiro atoms.